The third-order valence-corrected chi connectivity index (χ3v) is 7.50. The normalized spacial score (nSPS) is 12.4. The molecule has 1 unspecified atom stereocenters. The average Bonchev–Trinajstić information content (AvgIpc) is 3.38. The summed E-state index contributed by atoms with van der Waals surface area (Å²) in [5.41, 5.74) is 11.2. The van der Waals surface area contributed by atoms with Crippen LogP contribution in [0.5, 0.6) is 0 Å². The zero-order valence-electron chi connectivity index (χ0n) is 23.0. The minimum absolute atomic E-state index is 0.0830. The molecule has 0 aliphatic carbocycles. The summed E-state index contributed by atoms with van der Waals surface area (Å²) in [5.74, 6) is -1.46. The van der Waals surface area contributed by atoms with Gasteiger partial charge in [-0.25, -0.2) is 17.8 Å². The van der Waals surface area contributed by atoms with Crippen LogP contribution in [-0.4, -0.2) is 48.6 Å². The van der Waals surface area contributed by atoms with Crippen LogP contribution in [0, 0.1) is 6.92 Å². The highest BCUT2D eigenvalue weighted by Crippen LogP contribution is 2.33. The number of nitrogens with two attached hydrogens (primary N) is 2. The number of benzene rings is 2. The third-order valence-electron chi connectivity index (χ3n) is 6.14. The number of aliphatic imine (C=N–C) groups is 1. The van der Waals surface area contributed by atoms with Gasteiger partial charge in [-0.15, -0.1) is 0 Å². The van der Waals surface area contributed by atoms with Gasteiger partial charge in [0, 0.05) is 18.5 Å². The number of hydrogen-bond donors (Lipinski definition) is 4. The molecule has 2 aromatic carbocycles. The Morgan fingerprint density at radius 3 is 2.26 bits per heavy atom. The zero-order chi connectivity index (χ0) is 31.1. The number of nitrogens with one attached hydrogen (secondary N) is 2. The van der Waals surface area contributed by atoms with Gasteiger partial charge in [0.25, 0.3) is 15.9 Å². The van der Waals surface area contributed by atoms with E-state index < -0.39 is 39.7 Å². The number of alkyl halides is 3. The molecule has 3 rings (SSSR count). The molecule has 3 aromatic rings. The summed E-state index contributed by atoms with van der Waals surface area (Å²) in [6.45, 7) is 3.73. The van der Waals surface area contributed by atoms with Gasteiger partial charge in [0.05, 0.1) is 16.3 Å². The summed E-state index contributed by atoms with van der Waals surface area (Å²) in [7, 11) is -4.39. The van der Waals surface area contributed by atoms with Crippen molar-refractivity contribution in [3.63, 3.8) is 0 Å². The Morgan fingerprint density at radius 2 is 1.69 bits per heavy atom. The van der Waals surface area contributed by atoms with Crippen LogP contribution in [0.1, 0.15) is 43.9 Å². The Balaban J connectivity index is 1.83. The minimum atomic E-state index is -4.70. The first-order chi connectivity index (χ1) is 19.7. The largest absolute Gasteiger partial charge is 0.435 e. The highest BCUT2D eigenvalue weighted by molar-refractivity contribution is 7.90. The van der Waals surface area contributed by atoms with E-state index in [1.807, 2.05) is 11.6 Å². The van der Waals surface area contributed by atoms with Crippen molar-refractivity contribution in [3.05, 3.63) is 65.9 Å². The maximum Gasteiger partial charge on any atom is 0.435 e. The first kappa shape index (κ1) is 32.1. The number of amides is 2. The van der Waals surface area contributed by atoms with Crippen molar-refractivity contribution in [2.75, 3.05) is 6.54 Å². The number of nitrogens with zero attached hydrogens (tertiary/aromatic N) is 3. The highest BCUT2D eigenvalue weighted by atomic mass is 32.2. The lowest BCUT2D eigenvalue weighted by molar-refractivity contribution is -0.141. The van der Waals surface area contributed by atoms with Gasteiger partial charge in [0.1, 0.15) is 6.04 Å². The number of halogens is 3. The number of guanidine groups is 1. The van der Waals surface area contributed by atoms with Gasteiger partial charge in [-0.3, -0.25) is 14.6 Å². The van der Waals surface area contributed by atoms with Crippen LogP contribution in [-0.2, 0) is 25.8 Å². The molecule has 2 amide bonds. The van der Waals surface area contributed by atoms with Crippen LogP contribution in [0.4, 0.5) is 13.2 Å². The van der Waals surface area contributed by atoms with E-state index in [2.05, 4.69) is 15.4 Å². The van der Waals surface area contributed by atoms with Gasteiger partial charge in [-0.2, -0.15) is 18.3 Å². The number of rotatable bonds is 12. The van der Waals surface area contributed by atoms with Gasteiger partial charge < -0.3 is 16.8 Å². The van der Waals surface area contributed by atoms with E-state index in [0.29, 0.717) is 24.9 Å². The Labute approximate surface area is 241 Å². The maximum absolute atomic E-state index is 13.5. The van der Waals surface area contributed by atoms with Gasteiger partial charge in [0.2, 0.25) is 5.91 Å². The molecule has 1 atom stereocenters. The van der Waals surface area contributed by atoms with Crippen molar-refractivity contribution in [3.8, 4) is 16.9 Å². The average molecular weight is 608 g/mol. The van der Waals surface area contributed by atoms with E-state index in [4.69, 9.17) is 11.5 Å². The van der Waals surface area contributed by atoms with Crippen LogP contribution in [0.2, 0.25) is 0 Å². The Bertz CT molecular complexity index is 1530. The van der Waals surface area contributed by atoms with E-state index in [-0.39, 0.29) is 35.1 Å². The van der Waals surface area contributed by atoms with Crippen LogP contribution in [0.15, 0.2) is 64.5 Å². The monoisotopic (exact) mass is 607 g/mol. The van der Waals surface area contributed by atoms with Crippen molar-refractivity contribution < 1.29 is 31.2 Å². The SMILES string of the molecule is CCC(=O)NC(CCCCN=C(N)N)C(=O)NS(=O)(=O)c1ccc(-n2nc(C(F)(F)F)cc2-c2ccc(C)cc2)cc1. The van der Waals surface area contributed by atoms with E-state index in [1.165, 1.54) is 12.1 Å². The Kier molecular flexibility index (Phi) is 10.3. The fourth-order valence-electron chi connectivity index (χ4n) is 3.91. The second-order valence-electron chi connectivity index (χ2n) is 9.43. The van der Waals surface area contributed by atoms with Gasteiger partial charge in [0.15, 0.2) is 11.7 Å². The molecule has 0 spiro atoms. The molecule has 11 nitrogen and oxygen atoms in total. The standard InChI is InChI=1S/C27H32F3N7O4S/c1-3-24(38)34-21(6-4-5-15-33-26(31)32)25(39)36-42(40,41)20-13-11-19(12-14-20)37-22(16-23(35-37)27(28,29)30)18-9-7-17(2)8-10-18/h7-14,16,21H,3-6,15H2,1-2H3,(H,34,38)(H,36,39)(H4,31,32,33). The number of carbonyl (C=O) groups excluding carboxylic acids is 2. The van der Waals surface area contributed by atoms with Crippen LogP contribution < -0.4 is 21.5 Å². The van der Waals surface area contributed by atoms with E-state index in [1.54, 1.807) is 31.2 Å². The third kappa shape index (κ3) is 8.55. The molecule has 0 saturated heterocycles. The summed E-state index contributed by atoms with van der Waals surface area (Å²) in [5, 5.41) is 6.22. The second kappa shape index (κ2) is 13.5. The Hall–Kier alpha value is -4.40. The number of carbonyl (C=O) groups is 2. The molecule has 0 fully saturated rings. The number of aromatic nitrogens is 2. The highest BCUT2D eigenvalue weighted by Gasteiger charge is 2.35. The lowest BCUT2D eigenvalue weighted by Gasteiger charge is -2.18. The molecule has 6 N–H and O–H groups in total. The molecular weight excluding hydrogens is 575 g/mol. The first-order valence-electron chi connectivity index (χ1n) is 13.0. The number of unbranched alkanes of at least 4 members (excludes halogenated alkanes) is 1. The lowest BCUT2D eigenvalue weighted by atomic mass is 10.1. The van der Waals surface area contributed by atoms with E-state index in [0.717, 1.165) is 28.4 Å². The molecule has 15 heteroatoms. The fraction of sp³-hybridized carbons (Fsp3) is 0.333. The zero-order valence-corrected chi connectivity index (χ0v) is 23.8. The predicted octanol–water partition coefficient (Wildman–Crippen LogP) is 3.01. The van der Waals surface area contributed by atoms with Crippen LogP contribution in [0.25, 0.3) is 16.9 Å². The quantitative estimate of drug-likeness (QED) is 0.139. The summed E-state index contributed by atoms with van der Waals surface area (Å²) in [6, 6.07) is 11.5. The van der Waals surface area contributed by atoms with Gasteiger partial charge >= 0.3 is 6.18 Å². The maximum atomic E-state index is 13.5. The van der Waals surface area contributed by atoms with E-state index >= 15 is 0 Å². The number of sulfonamides is 1. The van der Waals surface area contributed by atoms with Crippen LogP contribution in [0.3, 0.4) is 0 Å². The summed E-state index contributed by atoms with van der Waals surface area (Å²) in [4.78, 5) is 28.3. The smallest absolute Gasteiger partial charge is 0.370 e. The molecule has 0 radical (unpaired) electrons. The second-order valence-corrected chi connectivity index (χ2v) is 11.1. The van der Waals surface area contributed by atoms with Crippen LogP contribution >= 0.6 is 0 Å². The van der Waals surface area contributed by atoms with Gasteiger partial charge in [-0.05, 0) is 56.5 Å². The van der Waals surface area contributed by atoms with Crippen molar-refractivity contribution in [1.29, 1.82) is 0 Å². The molecule has 42 heavy (non-hydrogen) atoms. The molecule has 0 aliphatic heterocycles. The van der Waals surface area contributed by atoms with Crippen molar-refractivity contribution >= 4 is 27.8 Å². The van der Waals surface area contributed by atoms with Crippen molar-refractivity contribution in [2.24, 2.45) is 16.5 Å². The minimum Gasteiger partial charge on any atom is -0.370 e. The molecule has 0 saturated carbocycles. The molecule has 226 valence electrons. The first-order valence-corrected chi connectivity index (χ1v) is 14.5. The molecule has 1 aromatic heterocycles. The predicted molar refractivity (Wildman–Crippen MR) is 151 cm³/mol. The lowest BCUT2D eigenvalue weighted by Crippen LogP contribution is -2.48. The molecule has 1 heterocycles. The van der Waals surface area contributed by atoms with Crippen molar-refractivity contribution in [1.82, 2.24) is 19.8 Å². The number of aryl methyl sites for hydroxylation is 1. The van der Waals surface area contributed by atoms with Crippen molar-refractivity contribution in [2.45, 2.75) is 56.6 Å². The fourth-order valence-corrected chi connectivity index (χ4v) is 4.93. The molecule has 0 bridgehead atoms. The summed E-state index contributed by atoms with van der Waals surface area (Å²) >= 11 is 0. The molecule has 0 aliphatic rings. The van der Waals surface area contributed by atoms with Gasteiger partial charge in [-0.1, -0.05) is 36.8 Å². The number of hydrogen-bond acceptors (Lipinski definition) is 6. The van der Waals surface area contributed by atoms with E-state index in [9.17, 15) is 31.2 Å². The topological polar surface area (TPSA) is 175 Å². The Morgan fingerprint density at radius 1 is 1.05 bits per heavy atom. The summed E-state index contributed by atoms with van der Waals surface area (Å²) in [6.07, 6.45) is -3.58. The summed E-state index contributed by atoms with van der Waals surface area (Å²) < 4.78 is 69.5. The molecular formula is C27H32F3N7O4S.